The normalized spacial score (nSPS) is 19.0. The number of ether oxygens (including phenoxy) is 2. The quantitative estimate of drug-likeness (QED) is 0.0154. The van der Waals surface area contributed by atoms with Crippen molar-refractivity contribution in [3.05, 3.63) is 117 Å². The summed E-state index contributed by atoms with van der Waals surface area (Å²) in [5.74, 6) is 0.683. The molecule has 2 fully saturated rings. The summed E-state index contributed by atoms with van der Waals surface area (Å²) in [6.45, 7) is 13.4. The molecule has 5 aromatic rings. The van der Waals surface area contributed by atoms with Crippen molar-refractivity contribution in [1.29, 1.82) is 0 Å². The number of unbranched alkanes of at least 4 members (excludes halogenated alkanes) is 4. The number of nitrogens with zero attached hydrogens (tertiary/aromatic N) is 9. The van der Waals surface area contributed by atoms with Gasteiger partial charge in [0.25, 0.3) is 0 Å². The highest BCUT2D eigenvalue weighted by atomic mass is 32.1. The van der Waals surface area contributed by atoms with Gasteiger partial charge in [0.05, 0.1) is 48.9 Å². The average molecular weight is 1100 g/mol. The number of fused-ring (bicyclic) bond motifs is 8. The van der Waals surface area contributed by atoms with Crippen molar-refractivity contribution >= 4 is 52.6 Å². The Bertz CT molecular complexity index is 3090. The first-order chi connectivity index (χ1) is 38.0. The van der Waals surface area contributed by atoms with Crippen molar-refractivity contribution in [2.24, 2.45) is 28.7 Å². The molecule has 4 aliphatic rings. The molecule has 79 heavy (non-hydrogen) atoms. The highest BCUT2D eigenvalue weighted by Gasteiger charge is 2.59. The molecule has 2 bridgehead atoms. The summed E-state index contributed by atoms with van der Waals surface area (Å²) >= 11 is 1.68. The number of esters is 2. The Morgan fingerprint density at radius 3 is 2.25 bits per heavy atom. The number of rotatable bonds is 25. The molecule has 3 aromatic heterocycles. The number of thiophene rings is 1. The third kappa shape index (κ3) is 13.3. The van der Waals surface area contributed by atoms with E-state index in [1.807, 2.05) is 74.8 Å². The molecular formula is C59H73N10O9S+. The van der Waals surface area contributed by atoms with Crippen LogP contribution in [0.25, 0.3) is 5.00 Å². The molecule has 0 radical (unpaired) electrons. The molecule has 2 aromatic carbocycles. The Kier molecular flexibility index (Phi) is 17.8. The van der Waals surface area contributed by atoms with Gasteiger partial charge >= 0.3 is 17.8 Å². The van der Waals surface area contributed by atoms with Crippen LogP contribution in [0.3, 0.4) is 0 Å². The van der Waals surface area contributed by atoms with Crippen molar-refractivity contribution < 1.29 is 47.9 Å². The summed E-state index contributed by atoms with van der Waals surface area (Å²) in [7, 11) is 0. The van der Waals surface area contributed by atoms with Crippen LogP contribution in [0.15, 0.2) is 77.9 Å². The summed E-state index contributed by atoms with van der Waals surface area (Å²) in [5.41, 5.74) is 4.80. The minimum Gasteiger partial charge on any atom is -0.460 e. The van der Waals surface area contributed by atoms with Gasteiger partial charge in [-0.05, 0) is 102 Å². The molecule has 5 atom stereocenters. The average Bonchev–Trinajstić information content (AvgIpc) is 3.53. The van der Waals surface area contributed by atoms with Crippen molar-refractivity contribution in [2.45, 2.75) is 143 Å². The molecule has 19 nitrogen and oxygen atoms in total. The fourth-order valence-electron chi connectivity index (χ4n) is 11.3. The molecule has 1 saturated carbocycles. The Morgan fingerprint density at radius 2 is 1.56 bits per heavy atom. The van der Waals surface area contributed by atoms with E-state index in [1.54, 1.807) is 39.2 Å². The number of aryl methyl sites for hydroxylation is 2. The predicted molar refractivity (Wildman–Crippen MR) is 294 cm³/mol. The van der Waals surface area contributed by atoms with Crippen LogP contribution in [0.2, 0.25) is 0 Å². The maximum absolute atomic E-state index is 13.5. The fourth-order valence-corrected chi connectivity index (χ4v) is 12.5. The molecule has 2 aliphatic heterocycles. The van der Waals surface area contributed by atoms with Gasteiger partial charge in [-0.2, -0.15) is 4.57 Å². The number of aliphatic hydroxyl groups excluding tert-OH is 1. The maximum Gasteiger partial charge on any atom is 0.311 e. The Morgan fingerprint density at radius 1 is 0.861 bits per heavy atom. The molecule has 20 heteroatoms. The van der Waals surface area contributed by atoms with Crippen molar-refractivity contribution in [3.63, 3.8) is 0 Å². The second kappa shape index (κ2) is 24.9. The number of hydrogen-bond donors (Lipinski definition) is 2. The third-order valence-electron chi connectivity index (χ3n) is 15.3. The van der Waals surface area contributed by atoms with Crippen molar-refractivity contribution in [2.75, 3.05) is 26.2 Å². The van der Waals surface area contributed by atoms with Gasteiger partial charge in [0.1, 0.15) is 23.6 Å². The number of amides is 4. The monoisotopic (exact) mass is 1100 g/mol. The number of aliphatic hydroxyl groups is 1. The summed E-state index contributed by atoms with van der Waals surface area (Å²) in [5, 5.41) is 26.5. The summed E-state index contributed by atoms with van der Waals surface area (Å²) in [6, 6.07) is 16.9. The van der Waals surface area contributed by atoms with E-state index in [-0.39, 0.29) is 111 Å². The minimum absolute atomic E-state index is 0.0165. The molecule has 9 rings (SSSR count). The van der Waals surface area contributed by atoms with Crippen molar-refractivity contribution in [3.8, 4) is 10.8 Å². The van der Waals surface area contributed by atoms with E-state index in [1.165, 1.54) is 9.78 Å². The largest absolute Gasteiger partial charge is 0.460 e. The van der Waals surface area contributed by atoms with Crippen LogP contribution in [0.5, 0.6) is 5.75 Å². The van der Waals surface area contributed by atoms with E-state index in [0.717, 1.165) is 58.1 Å². The maximum atomic E-state index is 13.5. The van der Waals surface area contributed by atoms with Crippen LogP contribution < -0.4 is 14.6 Å². The van der Waals surface area contributed by atoms with Gasteiger partial charge in [-0.15, -0.1) is 21.1 Å². The van der Waals surface area contributed by atoms with Gasteiger partial charge in [-0.3, -0.25) is 43.3 Å². The summed E-state index contributed by atoms with van der Waals surface area (Å²) < 4.78 is 17.3. The van der Waals surface area contributed by atoms with E-state index >= 15 is 0 Å². The number of aromatic nitrogens is 6. The lowest BCUT2D eigenvalue weighted by Crippen LogP contribution is -2.38. The minimum atomic E-state index is -0.659. The summed E-state index contributed by atoms with van der Waals surface area (Å²) in [4.78, 5) is 88.0. The van der Waals surface area contributed by atoms with Crippen LogP contribution in [0, 0.1) is 44.4 Å². The van der Waals surface area contributed by atoms with Crippen molar-refractivity contribution in [1.82, 2.24) is 39.9 Å². The zero-order valence-corrected chi connectivity index (χ0v) is 47.0. The highest BCUT2D eigenvalue weighted by Crippen LogP contribution is 2.52. The number of carbonyl (C=O) groups is 6. The first-order valence-electron chi connectivity index (χ1n) is 27.8. The number of imide groups is 1. The smallest absolute Gasteiger partial charge is 0.311 e. The van der Waals surface area contributed by atoms with E-state index < -0.39 is 11.6 Å². The van der Waals surface area contributed by atoms with Gasteiger partial charge < -0.3 is 24.8 Å². The lowest BCUT2D eigenvalue weighted by molar-refractivity contribution is -0.609. The fraction of sp³-hybridized carbons (Fsp3) is 0.508. The third-order valence-corrected chi connectivity index (χ3v) is 16.5. The Hall–Kier alpha value is -7.19. The number of likely N-dealkylation sites (tertiary alicyclic amines) is 1. The Labute approximate surface area is 465 Å². The highest BCUT2D eigenvalue weighted by molar-refractivity contribution is 7.14. The van der Waals surface area contributed by atoms with Gasteiger partial charge in [-0.1, -0.05) is 72.7 Å². The first-order valence-corrected chi connectivity index (χ1v) is 28.6. The SMILES string of the molecule is Cc1sc2c(c1C)C(c1ccccc1)=N[C@@H](CC(=O)OC(C)(C)C)c1nn(Cc3ccc(OC(=O)CCCCCn4cc(CN(CCC(=O)NCCO)C(=O)CCCCCN5C(=O)[C@@H]6[C@H](C5=O)[C@H]5C=C[C@@H]6C5)nn4)cc3)c(C)[n+]1-2. The molecule has 2 aliphatic carbocycles. The van der Waals surface area contributed by atoms with Crippen LogP contribution in [0.1, 0.15) is 142 Å². The second-order valence-electron chi connectivity index (χ2n) is 22.2. The van der Waals surface area contributed by atoms with Crippen LogP contribution in [-0.4, -0.2) is 113 Å². The van der Waals surface area contributed by atoms with Crippen LogP contribution >= 0.6 is 11.3 Å². The molecule has 2 N–H and O–H groups in total. The van der Waals surface area contributed by atoms with Gasteiger partial charge in [0, 0.05) is 67.9 Å². The zero-order chi connectivity index (χ0) is 56.0. The topological polar surface area (TPSA) is 224 Å². The van der Waals surface area contributed by atoms with E-state index in [9.17, 15) is 28.8 Å². The molecule has 5 heterocycles. The predicted octanol–water partition coefficient (Wildman–Crippen LogP) is 6.77. The van der Waals surface area contributed by atoms with Gasteiger partial charge in [0.15, 0.2) is 11.0 Å². The van der Waals surface area contributed by atoms with Crippen LogP contribution in [-0.2, 0) is 53.1 Å². The standard InChI is InChI=1S/C59H72N10O9S/c1-37-38(2)79-58-51(37)54(41-16-10-7-11-17-41)61-46(33-50(74)78-59(4,5)6)55-63-68(39(3)69(55)58)34-40-20-24-45(25-21-40)77-49(73)19-13-9-14-28-66-36-44(62-64-66)35-65(30-26-47(71)60-27-31-70)48(72)18-12-8-15-29-67-56(75)52-42-22-23-43(32-42)53(52)57(67)76/h7,10-11,16-17,20-25,36,42-43,46,52-53,70H,8-9,12-15,18-19,26-35H2,1-6H3/p+1/t42-,43+,46-,52+,53-/m0/s1. The number of aliphatic imine (C=N–C) groups is 1. The van der Waals surface area contributed by atoms with E-state index in [2.05, 4.69) is 46.2 Å². The van der Waals surface area contributed by atoms with Crippen LogP contribution in [0.4, 0.5) is 0 Å². The van der Waals surface area contributed by atoms with E-state index in [4.69, 9.17) is 24.7 Å². The van der Waals surface area contributed by atoms with Gasteiger partial charge in [0.2, 0.25) is 29.5 Å². The number of carbonyl (C=O) groups excluding carboxylic acids is 6. The molecule has 4 amide bonds. The summed E-state index contributed by atoms with van der Waals surface area (Å²) in [6.07, 6.45) is 11.3. The molecular weight excluding hydrogens is 1020 g/mol. The number of benzene rings is 2. The Balaban J connectivity index is 0.739. The lowest BCUT2D eigenvalue weighted by atomic mass is 9.85. The molecule has 0 unspecified atom stereocenters. The molecule has 0 spiro atoms. The molecule has 418 valence electrons. The van der Waals surface area contributed by atoms with E-state index in [0.29, 0.717) is 62.6 Å². The number of hydrogen-bond acceptors (Lipinski definition) is 14. The first kappa shape index (κ1) is 56.5. The number of nitrogens with one attached hydrogen (secondary N) is 1. The zero-order valence-electron chi connectivity index (χ0n) is 46.2. The number of allylic oxidation sites excluding steroid dienone is 2. The second-order valence-corrected chi connectivity index (χ2v) is 23.4. The van der Waals surface area contributed by atoms with Gasteiger partial charge in [-0.25, -0.2) is 0 Å². The lowest BCUT2D eigenvalue weighted by Gasteiger charge is -2.22. The molecule has 1 saturated heterocycles.